The van der Waals surface area contributed by atoms with Crippen molar-refractivity contribution in [1.29, 1.82) is 0 Å². The van der Waals surface area contributed by atoms with Crippen LogP contribution in [0.3, 0.4) is 0 Å². The number of nitrogens with zero attached hydrogens (tertiary/aromatic N) is 1. The average Bonchev–Trinajstić information content (AvgIpc) is 2.42. The Morgan fingerprint density at radius 2 is 2.17 bits per heavy atom. The van der Waals surface area contributed by atoms with Gasteiger partial charge in [0.05, 0.1) is 12.3 Å². The largest absolute Gasteiger partial charge is 0.489 e. The van der Waals surface area contributed by atoms with Crippen LogP contribution >= 0.6 is 0 Å². The maximum Gasteiger partial charge on any atom is 0.138 e. The summed E-state index contributed by atoms with van der Waals surface area (Å²) in [6.07, 6.45) is 7.59. The zero-order chi connectivity index (χ0) is 12.8. The fourth-order valence-electron chi connectivity index (χ4n) is 2.39. The highest BCUT2D eigenvalue weighted by molar-refractivity contribution is 5.20. The maximum atomic E-state index is 5.95. The van der Waals surface area contributed by atoms with Gasteiger partial charge in [0.25, 0.3) is 0 Å². The number of hydrogen-bond acceptors (Lipinski definition) is 4. The van der Waals surface area contributed by atoms with Crippen molar-refractivity contribution in [3.05, 3.63) is 24.0 Å². The van der Waals surface area contributed by atoms with E-state index in [2.05, 4.69) is 4.98 Å². The van der Waals surface area contributed by atoms with Gasteiger partial charge in [-0.05, 0) is 37.9 Å². The van der Waals surface area contributed by atoms with Crippen LogP contribution in [0.25, 0.3) is 0 Å². The van der Waals surface area contributed by atoms with Crippen LogP contribution < -0.4 is 10.5 Å². The van der Waals surface area contributed by atoms with Crippen LogP contribution in [0.5, 0.6) is 5.75 Å². The molecule has 2 unspecified atom stereocenters. The summed E-state index contributed by atoms with van der Waals surface area (Å²) in [7, 11) is 1.77. The van der Waals surface area contributed by atoms with Gasteiger partial charge in [-0.15, -0.1) is 0 Å². The molecule has 1 saturated carbocycles. The number of rotatable bonds is 5. The highest BCUT2D eigenvalue weighted by Gasteiger charge is 2.22. The number of hydrogen-bond donors (Lipinski definition) is 1. The average molecular weight is 250 g/mol. The van der Waals surface area contributed by atoms with Gasteiger partial charge in [0.1, 0.15) is 11.9 Å². The molecule has 4 heteroatoms. The van der Waals surface area contributed by atoms with Crippen LogP contribution in [0.1, 0.15) is 31.4 Å². The fraction of sp³-hybridized carbons (Fsp3) is 0.643. The van der Waals surface area contributed by atoms with E-state index in [-0.39, 0.29) is 6.10 Å². The molecule has 0 amide bonds. The van der Waals surface area contributed by atoms with Crippen LogP contribution in [0.2, 0.25) is 0 Å². The van der Waals surface area contributed by atoms with Crippen LogP contribution in [0.4, 0.5) is 0 Å². The molecule has 1 aromatic rings. The van der Waals surface area contributed by atoms with Crippen molar-refractivity contribution in [3.63, 3.8) is 0 Å². The van der Waals surface area contributed by atoms with Crippen molar-refractivity contribution in [1.82, 2.24) is 4.98 Å². The first-order valence-corrected chi connectivity index (χ1v) is 6.66. The van der Waals surface area contributed by atoms with E-state index in [0.717, 1.165) is 37.1 Å². The SMILES string of the molecule is COC1CCCC(Oc2ccc(CCN)nc2)C1. The zero-order valence-electron chi connectivity index (χ0n) is 11.0. The second kappa shape index (κ2) is 6.71. The molecule has 100 valence electrons. The van der Waals surface area contributed by atoms with Gasteiger partial charge in [-0.25, -0.2) is 0 Å². The number of pyridine rings is 1. The lowest BCUT2D eigenvalue weighted by Crippen LogP contribution is -2.29. The number of methoxy groups -OCH3 is 1. The first-order chi connectivity index (χ1) is 8.81. The normalized spacial score (nSPS) is 23.9. The van der Waals surface area contributed by atoms with Gasteiger partial charge in [0, 0.05) is 25.6 Å². The molecule has 1 aliphatic carbocycles. The zero-order valence-corrected chi connectivity index (χ0v) is 11.0. The molecule has 1 aromatic heterocycles. The van der Waals surface area contributed by atoms with E-state index in [9.17, 15) is 0 Å². The van der Waals surface area contributed by atoms with Gasteiger partial charge in [-0.3, -0.25) is 4.98 Å². The number of nitrogens with two attached hydrogens (primary N) is 1. The van der Waals surface area contributed by atoms with Gasteiger partial charge < -0.3 is 15.2 Å². The molecule has 0 spiro atoms. The molecule has 2 N–H and O–H groups in total. The minimum Gasteiger partial charge on any atom is -0.489 e. The smallest absolute Gasteiger partial charge is 0.138 e. The third-order valence-corrected chi connectivity index (χ3v) is 3.41. The van der Waals surface area contributed by atoms with Gasteiger partial charge in [0.15, 0.2) is 0 Å². The summed E-state index contributed by atoms with van der Waals surface area (Å²) in [5.74, 6) is 0.845. The lowest BCUT2D eigenvalue weighted by molar-refractivity contribution is 0.0208. The Balaban J connectivity index is 1.88. The van der Waals surface area contributed by atoms with Crippen molar-refractivity contribution in [2.45, 2.75) is 44.3 Å². The molecule has 0 saturated heterocycles. The van der Waals surface area contributed by atoms with Crippen LogP contribution in [-0.4, -0.2) is 30.8 Å². The Morgan fingerprint density at radius 3 is 2.83 bits per heavy atom. The van der Waals surface area contributed by atoms with Crippen molar-refractivity contribution in [2.24, 2.45) is 5.73 Å². The molecular weight excluding hydrogens is 228 g/mol. The van der Waals surface area contributed by atoms with E-state index in [1.54, 1.807) is 13.3 Å². The topological polar surface area (TPSA) is 57.4 Å². The minimum atomic E-state index is 0.255. The van der Waals surface area contributed by atoms with Crippen LogP contribution in [-0.2, 0) is 11.2 Å². The second-order valence-corrected chi connectivity index (χ2v) is 4.79. The number of aromatic nitrogens is 1. The van der Waals surface area contributed by atoms with E-state index >= 15 is 0 Å². The Labute approximate surface area is 108 Å². The van der Waals surface area contributed by atoms with Crippen molar-refractivity contribution >= 4 is 0 Å². The standard InChI is InChI=1S/C14H22N2O2/c1-17-12-3-2-4-13(9-12)18-14-6-5-11(7-8-15)16-10-14/h5-6,10,12-13H,2-4,7-9,15H2,1H3. The molecule has 1 heterocycles. The van der Waals surface area contributed by atoms with E-state index < -0.39 is 0 Å². The highest BCUT2D eigenvalue weighted by Crippen LogP contribution is 2.24. The predicted octanol–water partition coefficient (Wildman–Crippen LogP) is 1.92. The Morgan fingerprint density at radius 1 is 1.33 bits per heavy atom. The Bertz CT molecular complexity index is 353. The fourth-order valence-corrected chi connectivity index (χ4v) is 2.39. The molecule has 0 aromatic carbocycles. The molecule has 1 fully saturated rings. The lowest BCUT2D eigenvalue weighted by atomic mass is 9.95. The van der Waals surface area contributed by atoms with E-state index in [4.69, 9.17) is 15.2 Å². The molecular formula is C14H22N2O2. The summed E-state index contributed by atoms with van der Waals surface area (Å²) in [5.41, 5.74) is 6.51. The van der Waals surface area contributed by atoms with Crippen molar-refractivity contribution in [2.75, 3.05) is 13.7 Å². The maximum absolute atomic E-state index is 5.95. The Hall–Kier alpha value is -1.13. The molecule has 2 rings (SSSR count). The molecule has 0 radical (unpaired) electrons. The molecule has 4 nitrogen and oxygen atoms in total. The summed E-state index contributed by atoms with van der Waals surface area (Å²) in [6, 6.07) is 3.97. The Kier molecular flexibility index (Phi) is 4.96. The van der Waals surface area contributed by atoms with E-state index in [0.29, 0.717) is 12.6 Å². The third-order valence-electron chi connectivity index (χ3n) is 3.41. The molecule has 2 atom stereocenters. The van der Waals surface area contributed by atoms with E-state index in [1.165, 1.54) is 6.42 Å². The second-order valence-electron chi connectivity index (χ2n) is 4.79. The summed E-state index contributed by atoms with van der Waals surface area (Å²) in [5, 5.41) is 0. The summed E-state index contributed by atoms with van der Waals surface area (Å²) in [4.78, 5) is 4.34. The molecule has 18 heavy (non-hydrogen) atoms. The minimum absolute atomic E-state index is 0.255. The number of ether oxygens (including phenoxy) is 2. The van der Waals surface area contributed by atoms with Crippen LogP contribution in [0.15, 0.2) is 18.3 Å². The molecule has 1 aliphatic rings. The van der Waals surface area contributed by atoms with Crippen molar-refractivity contribution < 1.29 is 9.47 Å². The summed E-state index contributed by atoms with van der Waals surface area (Å²) >= 11 is 0. The summed E-state index contributed by atoms with van der Waals surface area (Å²) < 4.78 is 11.3. The first kappa shape index (κ1) is 13.3. The monoisotopic (exact) mass is 250 g/mol. The van der Waals surface area contributed by atoms with E-state index in [1.807, 2.05) is 12.1 Å². The first-order valence-electron chi connectivity index (χ1n) is 6.66. The summed E-state index contributed by atoms with van der Waals surface area (Å²) in [6.45, 7) is 0.630. The predicted molar refractivity (Wildman–Crippen MR) is 70.7 cm³/mol. The molecule has 0 aliphatic heterocycles. The van der Waals surface area contributed by atoms with Crippen LogP contribution in [0, 0.1) is 0 Å². The molecule has 0 bridgehead atoms. The van der Waals surface area contributed by atoms with Crippen molar-refractivity contribution in [3.8, 4) is 5.75 Å². The lowest BCUT2D eigenvalue weighted by Gasteiger charge is -2.28. The van der Waals surface area contributed by atoms with Gasteiger partial charge in [0.2, 0.25) is 0 Å². The van der Waals surface area contributed by atoms with Gasteiger partial charge in [-0.2, -0.15) is 0 Å². The highest BCUT2D eigenvalue weighted by atomic mass is 16.5. The quantitative estimate of drug-likeness (QED) is 0.867. The van der Waals surface area contributed by atoms with Gasteiger partial charge >= 0.3 is 0 Å². The van der Waals surface area contributed by atoms with Gasteiger partial charge in [-0.1, -0.05) is 0 Å². The third kappa shape index (κ3) is 3.68.